The average Bonchev–Trinajstić information content (AvgIpc) is 3.32. The lowest BCUT2D eigenvalue weighted by molar-refractivity contribution is 0.150. The quantitative estimate of drug-likeness (QED) is 0.353. The number of hydrogen-bond acceptors (Lipinski definition) is 5. The number of nitrogens with zero attached hydrogens (tertiary/aromatic N) is 4. The predicted molar refractivity (Wildman–Crippen MR) is 127 cm³/mol. The molecule has 27 heavy (non-hydrogen) atoms. The van der Waals surface area contributed by atoms with Crippen LogP contribution in [0.15, 0.2) is 10.4 Å². The van der Waals surface area contributed by atoms with Crippen molar-refractivity contribution in [2.24, 2.45) is 4.99 Å². The summed E-state index contributed by atoms with van der Waals surface area (Å²) >= 11 is 1.67. The Labute approximate surface area is 185 Å². The number of thiazole rings is 1. The number of halogens is 1. The largest absolute Gasteiger partial charge is 0.357 e. The van der Waals surface area contributed by atoms with Gasteiger partial charge in [0.15, 0.2) is 11.1 Å². The highest BCUT2D eigenvalue weighted by molar-refractivity contribution is 14.0. The Balaban J connectivity index is 0.00000261. The third-order valence-corrected chi connectivity index (χ3v) is 6.43. The Morgan fingerprint density at radius 1 is 1.26 bits per heavy atom. The molecule has 2 N–H and O–H groups in total. The zero-order chi connectivity index (χ0) is 18.4. The summed E-state index contributed by atoms with van der Waals surface area (Å²) in [5, 5.41) is 10.2. The molecule has 1 saturated carbocycles. The van der Waals surface area contributed by atoms with E-state index in [4.69, 9.17) is 4.99 Å². The molecule has 0 radical (unpaired) electrons. The normalized spacial score (nSPS) is 19.7. The van der Waals surface area contributed by atoms with E-state index in [1.54, 1.807) is 11.3 Å². The molecule has 1 aliphatic carbocycles. The van der Waals surface area contributed by atoms with Crippen LogP contribution in [-0.4, -0.2) is 61.7 Å². The smallest absolute Gasteiger partial charge is 0.191 e. The van der Waals surface area contributed by atoms with Crippen LogP contribution in [0.25, 0.3) is 0 Å². The molecule has 0 bridgehead atoms. The first-order valence-electron chi connectivity index (χ1n) is 10.1. The lowest BCUT2D eigenvalue weighted by atomic mass is 10.0. The summed E-state index contributed by atoms with van der Waals surface area (Å²) < 4.78 is 0. The molecule has 1 saturated heterocycles. The van der Waals surface area contributed by atoms with Crippen molar-refractivity contribution in [3.05, 3.63) is 11.1 Å². The Hall–Kier alpha value is -0.610. The van der Waals surface area contributed by atoms with E-state index in [0.29, 0.717) is 12.6 Å². The minimum absolute atomic E-state index is 0. The van der Waals surface area contributed by atoms with Gasteiger partial charge in [-0.15, -0.1) is 35.3 Å². The van der Waals surface area contributed by atoms with Gasteiger partial charge in [-0.2, -0.15) is 0 Å². The summed E-state index contributed by atoms with van der Waals surface area (Å²) in [5.41, 5.74) is 1.03. The number of hydrogen-bond donors (Lipinski definition) is 2. The molecule has 0 aromatic carbocycles. The molecule has 0 atom stereocenters. The van der Waals surface area contributed by atoms with Gasteiger partial charge in [-0.3, -0.25) is 0 Å². The van der Waals surface area contributed by atoms with E-state index in [-0.39, 0.29) is 24.0 Å². The van der Waals surface area contributed by atoms with Gasteiger partial charge >= 0.3 is 0 Å². The summed E-state index contributed by atoms with van der Waals surface area (Å²) in [7, 11) is 4.05. The fourth-order valence-corrected chi connectivity index (χ4v) is 4.68. The molecule has 2 heterocycles. The molecule has 2 fully saturated rings. The van der Waals surface area contributed by atoms with Crippen LogP contribution in [0.1, 0.15) is 51.1 Å². The van der Waals surface area contributed by atoms with Crippen molar-refractivity contribution in [3.63, 3.8) is 0 Å². The number of nitrogens with one attached hydrogen (secondary N) is 2. The second kappa shape index (κ2) is 11.4. The Morgan fingerprint density at radius 3 is 2.56 bits per heavy atom. The van der Waals surface area contributed by atoms with E-state index in [2.05, 4.69) is 32.8 Å². The van der Waals surface area contributed by atoms with Gasteiger partial charge in [0.05, 0.1) is 12.2 Å². The van der Waals surface area contributed by atoms with Crippen molar-refractivity contribution in [1.82, 2.24) is 20.5 Å². The number of rotatable bonds is 6. The Kier molecular flexibility index (Phi) is 9.58. The van der Waals surface area contributed by atoms with Crippen LogP contribution in [0.3, 0.4) is 0 Å². The zero-order valence-electron chi connectivity index (χ0n) is 16.9. The molecule has 0 unspecified atom stereocenters. The maximum atomic E-state index is 4.75. The van der Waals surface area contributed by atoms with Crippen LogP contribution >= 0.6 is 35.3 Å². The third kappa shape index (κ3) is 6.74. The molecular formula is C19H35IN6S. The molecule has 3 rings (SSSR count). The summed E-state index contributed by atoms with van der Waals surface area (Å²) in [6, 6.07) is 1.38. The summed E-state index contributed by atoms with van der Waals surface area (Å²) in [6.07, 6.45) is 8.08. The average molecular weight is 507 g/mol. The van der Waals surface area contributed by atoms with E-state index in [9.17, 15) is 0 Å². The van der Waals surface area contributed by atoms with E-state index in [1.807, 2.05) is 19.0 Å². The third-order valence-electron chi connectivity index (χ3n) is 5.38. The van der Waals surface area contributed by atoms with Gasteiger partial charge < -0.3 is 20.4 Å². The topological polar surface area (TPSA) is 55.8 Å². The van der Waals surface area contributed by atoms with Crippen molar-refractivity contribution in [3.8, 4) is 0 Å². The fraction of sp³-hybridized carbons (Fsp3) is 0.789. The van der Waals surface area contributed by atoms with Crippen molar-refractivity contribution < 1.29 is 0 Å². The van der Waals surface area contributed by atoms with Crippen molar-refractivity contribution in [1.29, 1.82) is 0 Å². The predicted octanol–water partition coefficient (Wildman–Crippen LogP) is 3.29. The number of aliphatic imine (C=N–C) groups is 1. The number of guanidine groups is 1. The molecule has 0 spiro atoms. The Morgan fingerprint density at radius 2 is 1.96 bits per heavy atom. The van der Waals surface area contributed by atoms with Gasteiger partial charge in [-0.25, -0.2) is 9.98 Å². The summed E-state index contributed by atoms with van der Waals surface area (Å²) in [6.45, 7) is 6.07. The fourth-order valence-electron chi connectivity index (χ4n) is 3.93. The molecule has 6 nitrogen and oxygen atoms in total. The van der Waals surface area contributed by atoms with E-state index in [0.717, 1.165) is 29.4 Å². The van der Waals surface area contributed by atoms with Gasteiger partial charge in [-0.05, 0) is 32.6 Å². The minimum atomic E-state index is 0. The SMILES string of the molecule is CCNC(=NCc1csc(N(C)C)n1)NC1CCN(C2CCCC2)CC1.I. The molecule has 8 heteroatoms. The van der Waals surface area contributed by atoms with E-state index < -0.39 is 0 Å². The molecule has 2 aliphatic rings. The van der Waals surface area contributed by atoms with Gasteiger partial charge in [0.2, 0.25) is 0 Å². The highest BCUT2D eigenvalue weighted by Crippen LogP contribution is 2.26. The molecule has 1 aliphatic heterocycles. The first-order chi connectivity index (χ1) is 12.7. The summed E-state index contributed by atoms with van der Waals surface area (Å²) in [5.74, 6) is 0.922. The van der Waals surface area contributed by atoms with Gasteiger partial charge in [-0.1, -0.05) is 12.8 Å². The van der Waals surface area contributed by atoms with E-state index >= 15 is 0 Å². The molecule has 154 valence electrons. The van der Waals surface area contributed by atoms with Crippen LogP contribution in [0, 0.1) is 0 Å². The van der Waals surface area contributed by atoms with Gasteiger partial charge in [0.1, 0.15) is 0 Å². The molecule has 0 amide bonds. The second-order valence-electron chi connectivity index (χ2n) is 7.60. The standard InChI is InChI=1S/C19H34N6S.HI/c1-4-20-18(21-13-16-14-26-19(23-16)24(2)3)22-15-9-11-25(12-10-15)17-7-5-6-8-17;/h14-15,17H,4-13H2,1-3H3,(H2,20,21,22);1H. The first-order valence-corrected chi connectivity index (χ1v) is 10.9. The number of anilines is 1. The maximum absolute atomic E-state index is 4.75. The molecule has 1 aromatic heterocycles. The summed E-state index contributed by atoms with van der Waals surface area (Å²) in [4.78, 5) is 14.1. The zero-order valence-corrected chi connectivity index (χ0v) is 20.1. The molecular weight excluding hydrogens is 471 g/mol. The van der Waals surface area contributed by atoms with Crippen LogP contribution in [0.4, 0.5) is 5.13 Å². The van der Waals surface area contributed by atoms with Crippen LogP contribution < -0.4 is 15.5 Å². The first kappa shape index (κ1) is 22.7. The van der Waals surface area contributed by atoms with E-state index in [1.165, 1.54) is 51.6 Å². The Bertz CT molecular complexity index is 577. The van der Waals surface area contributed by atoms with Crippen molar-refractivity contribution >= 4 is 46.4 Å². The number of aromatic nitrogens is 1. The number of piperidine rings is 1. The maximum Gasteiger partial charge on any atom is 0.191 e. The monoisotopic (exact) mass is 506 g/mol. The second-order valence-corrected chi connectivity index (χ2v) is 8.44. The van der Waals surface area contributed by atoms with Gasteiger partial charge in [0, 0.05) is 51.2 Å². The molecule has 1 aromatic rings. The highest BCUT2D eigenvalue weighted by Gasteiger charge is 2.27. The lowest BCUT2D eigenvalue weighted by Gasteiger charge is -2.36. The minimum Gasteiger partial charge on any atom is -0.357 e. The van der Waals surface area contributed by atoms with Crippen molar-refractivity contribution in [2.45, 2.75) is 64.1 Å². The van der Waals surface area contributed by atoms with Crippen molar-refractivity contribution in [2.75, 3.05) is 38.6 Å². The van der Waals surface area contributed by atoms with Gasteiger partial charge in [0.25, 0.3) is 0 Å². The number of likely N-dealkylation sites (tertiary alicyclic amines) is 1. The van der Waals surface area contributed by atoms with Crippen LogP contribution in [0.2, 0.25) is 0 Å². The highest BCUT2D eigenvalue weighted by atomic mass is 127. The van der Waals surface area contributed by atoms with Crippen LogP contribution in [-0.2, 0) is 6.54 Å². The lowest BCUT2D eigenvalue weighted by Crippen LogP contribution is -2.50. The van der Waals surface area contributed by atoms with Crippen LogP contribution in [0.5, 0.6) is 0 Å².